The van der Waals surface area contributed by atoms with Crippen molar-refractivity contribution in [3.05, 3.63) is 59.3 Å². The molecule has 1 aromatic heterocycles. The zero-order valence-corrected chi connectivity index (χ0v) is 16.7. The summed E-state index contributed by atoms with van der Waals surface area (Å²) in [5.74, 6) is -2.28. The van der Waals surface area contributed by atoms with Gasteiger partial charge < -0.3 is 16.4 Å². The number of nitrogen functional groups attached to an aromatic ring is 1. The Bertz CT molecular complexity index is 907. The Morgan fingerprint density at radius 1 is 1.23 bits per heavy atom. The Morgan fingerprint density at radius 2 is 2.00 bits per heavy atom. The van der Waals surface area contributed by atoms with Crippen LogP contribution in [-0.2, 0) is 22.6 Å². The number of halogens is 2. The van der Waals surface area contributed by atoms with Crippen molar-refractivity contribution < 1.29 is 18.4 Å². The molecule has 160 valence electrons. The highest BCUT2D eigenvalue weighted by molar-refractivity contribution is 5.90. The number of carbonyl (C=O) groups excluding carboxylic acids is 2. The maximum atomic E-state index is 13.6. The lowest BCUT2D eigenvalue weighted by Gasteiger charge is -2.24. The maximum Gasteiger partial charge on any atom is 0.243 e. The van der Waals surface area contributed by atoms with Crippen LogP contribution in [0.3, 0.4) is 0 Å². The molecular formula is C21H25F2N5O2. The first-order chi connectivity index (χ1) is 14.3. The zero-order valence-electron chi connectivity index (χ0n) is 16.7. The number of benzene rings is 1. The molecule has 2 aromatic rings. The summed E-state index contributed by atoms with van der Waals surface area (Å²) in [6.07, 6.45) is 3.19. The molecule has 0 unspecified atom stereocenters. The van der Waals surface area contributed by atoms with Gasteiger partial charge in [-0.05, 0) is 55.8 Å². The highest BCUT2D eigenvalue weighted by Crippen LogP contribution is 2.16. The number of likely N-dealkylation sites (N-methyl/N-ethyl adjacent to an activating group) is 1. The number of hydrogen-bond acceptors (Lipinski definition) is 5. The number of likely N-dealkylation sites (tertiary alicyclic amines) is 1. The van der Waals surface area contributed by atoms with Crippen molar-refractivity contribution in [2.45, 2.75) is 37.9 Å². The number of rotatable bonds is 7. The minimum Gasteiger partial charge on any atom is -0.384 e. The fourth-order valence-electron chi connectivity index (χ4n) is 3.47. The predicted molar refractivity (Wildman–Crippen MR) is 108 cm³/mol. The lowest BCUT2D eigenvalue weighted by atomic mass is 10.0. The van der Waals surface area contributed by atoms with Gasteiger partial charge in [-0.15, -0.1) is 0 Å². The molecule has 3 rings (SSSR count). The smallest absolute Gasteiger partial charge is 0.243 e. The highest BCUT2D eigenvalue weighted by Gasteiger charge is 2.31. The molecule has 4 N–H and O–H groups in total. The lowest BCUT2D eigenvalue weighted by molar-refractivity contribution is -0.131. The zero-order chi connectivity index (χ0) is 21.7. The predicted octanol–water partition coefficient (Wildman–Crippen LogP) is 1.38. The first kappa shape index (κ1) is 21.6. The monoisotopic (exact) mass is 417 g/mol. The molecule has 9 heteroatoms. The fourth-order valence-corrected chi connectivity index (χ4v) is 3.47. The number of aromatic nitrogens is 1. The van der Waals surface area contributed by atoms with Crippen LogP contribution in [0.15, 0.2) is 36.5 Å². The van der Waals surface area contributed by atoms with Crippen LogP contribution in [0, 0.1) is 11.6 Å². The van der Waals surface area contributed by atoms with Crippen LogP contribution in [0.4, 0.5) is 14.6 Å². The van der Waals surface area contributed by atoms with Crippen molar-refractivity contribution in [2.24, 2.45) is 0 Å². The third kappa shape index (κ3) is 5.50. The lowest BCUT2D eigenvalue weighted by Crippen LogP contribution is -2.52. The van der Waals surface area contributed by atoms with Crippen LogP contribution in [0.1, 0.15) is 24.0 Å². The van der Waals surface area contributed by atoms with Crippen molar-refractivity contribution in [3.63, 3.8) is 0 Å². The Balaban J connectivity index is 1.71. The number of carbonyl (C=O) groups is 2. The van der Waals surface area contributed by atoms with E-state index in [9.17, 15) is 18.4 Å². The molecule has 2 amide bonds. The third-order valence-corrected chi connectivity index (χ3v) is 5.19. The fraction of sp³-hybridized carbons (Fsp3) is 0.381. The Morgan fingerprint density at radius 3 is 2.63 bits per heavy atom. The summed E-state index contributed by atoms with van der Waals surface area (Å²) >= 11 is 0. The van der Waals surface area contributed by atoms with Crippen LogP contribution in [0.2, 0.25) is 0 Å². The average molecular weight is 417 g/mol. The second kappa shape index (κ2) is 9.62. The molecule has 0 aliphatic carbocycles. The summed E-state index contributed by atoms with van der Waals surface area (Å²) in [5, 5.41) is 5.53. The normalized spacial score (nSPS) is 17.5. The molecule has 0 radical (unpaired) electrons. The van der Waals surface area contributed by atoms with E-state index in [-0.39, 0.29) is 24.9 Å². The molecule has 1 fully saturated rings. The van der Waals surface area contributed by atoms with E-state index >= 15 is 0 Å². The van der Waals surface area contributed by atoms with E-state index in [2.05, 4.69) is 15.6 Å². The van der Waals surface area contributed by atoms with Crippen LogP contribution >= 0.6 is 0 Å². The second-order valence-electron chi connectivity index (χ2n) is 7.46. The maximum absolute atomic E-state index is 13.6. The minimum atomic E-state index is -0.999. The molecule has 2 atom stereocenters. The van der Waals surface area contributed by atoms with Gasteiger partial charge in [0, 0.05) is 19.2 Å². The first-order valence-corrected chi connectivity index (χ1v) is 9.76. The number of anilines is 1. The van der Waals surface area contributed by atoms with Crippen molar-refractivity contribution in [1.29, 1.82) is 0 Å². The number of nitrogens with two attached hydrogens (primary N) is 1. The standard InChI is InChI=1S/C21H25F2N5O2/c1-28-8-2-3-18(28)21(30)27-17(10-13-4-6-15(22)16(23)9-13)20(29)26-12-14-5-7-19(24)25-11-14/h4-7,9,11,17-18H,2-3,8,10,12H2,1H3,(H2,24,25)(H,26,29)(H,27,30)/t17-,18+/m0/s1. The van der Waals surface area contributed by atoms with Crippen LogP contribution in [0.25, 0.3) is 0 Å². The molecule has 0 bridgehead atoms. The van der Waals surface area contributed by atoms with Crippen molar-refractivity contribution in [3.8, 4) is 0 Å². The minimum absolute atomic E-state index is 0.0329. The summed E-state index contributed by atoms with van der Waals surface area (Å²) in [5.41, 5.74) is 6.71. The van der Waals surface area contributed by atoms with Gasteiger partial charge in [-0.3, -0.25) is 14.5 Å². The Kier molecular flexibility index (Phi) is 6.94. The van der Waals surface area contributed by atoms with E-state index in [0.29, 0.717) is 17.8 Å². The molecule has 0 saturated carbocycles. The van der Waals surface area contributed by atoms with Gasteiger partial charge >= 0.3 is 0 Å². The van der Waals surface area contributed by atoms with Crippen molar-refractivity contribution in [2.75, 3.05) is 19.3 Å². The summed E-state index contributed by atoms with van der Waals surface area (Å²) < 4.78 is 26.9. The second-order valence-corrected chi connectivity index (χ2v) is 7.46. The van der Waals surface area contributed by atoms with Gasteiger partial charge in [0.2, 0.25) is 11.8 Å². The summed E-state index contributed by atoms with van der Waals surface area (Å²) in [6, 6.07) is 5.55. The molecule has 1 aromatic carbocycles. The number of nitrogens with one attached hydrogen (secondary N) is 2. The van der Waals surface area contributed by atoms with E-state index in [4.69, 9.17) is 5.73 Å². The summed E-state index contributed by atoms with van der Waals surface area (Å²) in [7, 11) is 1.86. The van der Waals surface area contributed by atoms with Crippen LogP contribution < -0.4 is 16.4 Å². The molecule has 7 nitrogen and oxygen atoms in total. The molecule has 30 heavy (non-hydrogen) atoms. The van der Waals surface area contributed by atoms with Gasteiger partial charge in [0.1, 0.15) is 11.9 Å². The summed E-state index contributed by atoms with van der Waals surface area (Å²) in [6.45, 7) is 1.00. The summed E-state index contributed by atoms with van der Waals surface area (Å²) in [4.78, 5) is 31.4. The van der Waals surface area contributed by atoms with Gasteiger partial charge in [-0.25, -0.2) is 13.8 Å². The number of nitrogens with zero attached hydrogens (tertiary/aromatic N) is 2. The molecule has 2 heterocycles. The van der Waals surface area contributed by atoms with E-state index in [0.717, 1.165) is 30.7 Å². The SMILES string of the molecule is CN1CCC[C@@H]1C(=O)N[C@@H](Cc1ccc(F)c(F)c1)C(=O)NCc1ccc(N)nc1. The Hall–Kier alpha value is -3.07. The van der Waals surface area contributed by atoms with Gasteiger partial charge in [0.25, 0.3) is 0 Å². The Labute approximate surface area is 173 Å². The van der Waals surface area contributed by atoms with Crippen LogP contribution in [-0.4, -0.2) is 47.4 Å². The van der Waals surface area contributed by atoms with Gasteiger partial charge in [-0.2, -0.15) is 0 Å². The average Bonchev–Trinajstić information content (AvgIpc) is 3.15. The molecule has 1 saturated heterocycles. The number of pyridine rings is 1. The van der Waals surface area contributed by atoms with E-state index < -0.39 is 23.6 Å². The molecule has 1 aliphatic rings. The number of amides is 2. The third-order valence-electron chi connectivity index (χ3n) is 5.19. The van der Waals surface area contributed by atoms with E-state index in [1.807, 2.05) is 11.9 Å². The molecule has 1 aliphatic heterocycles. The van der Waals surface area contributed by atoms with Gasteiger partial charge in [0.05, 0.1) is 6.04 Å². The topological polar surface area (TPSA) is 100 Å². The van der Waals surface area contributed by atoms with Gasteiger partial charge in [0.15, 0.2) is 11.6 Å². The van der Waals surface area contributed by atoms with Crippen LogP contribution in [0.5, 0.6) is 0 Å². The molecular weight excluding hydrogens is 392 g/mol. The van der Waals surface area contributed by atoms with E-state index in [1.165, 1.54) is 6.07 Å². The number of hydrogen-bond donors (Lipinski definition) is 3. The first-order valence-electron chi connectivity index (χ1n) is 9.76. The van der Waals surface area contributed by atoms with Crippen molar-refractivity contribution in [1.82, 2.24) is 20.5 Å². The van der Waals surface area contributed by atoms with Crippen molar-refractivity contribution >= 4 is 17.6 Å². The quantitative estimate of drug-likeness (QED) is 0.632. The van der Waals surface area contributed by atoms with Gasteiger partial charge in [-0.1, -0.05) is 12.1 Å². The highest BCUT2D eigenvalue weighted by atomic mass is 19.2. The largest absolute Gasteiger partial charge is 0.384 e. The van der Waals surface area contributed by atoms with E-state index in [1.54, 1.807) is 18.3 Å². The molecule has 0 spiro atoms.